The quantitative estimate of drug-likeness (QED) is 0.0320. The number of allylic oxidation sites excluding steroid dienone is 5. The third-order valence-corrected chi connectivity index (χ3v) is 14.9. The van der Waals surface area contributed by atoms with E-state index in [0.717, 1.165) is 70.6 Å². The van der Waals surface area contributed by atoms with Gasteiger partial charge in [-0.25, -0.2) is 0 Å². The van der Waals surface area contributed by atoms with Gasteiger partial charge < -0.3 is 20.3 Å². The van der Waals surface area contributed by atoms with Crippen LogP contribution in [0.3, 0.4) is 0 Å². The predicted octanol–water partition coefficient (Wildman–Crippen LogP) is 20.4. The molecule has 72 heavy (non-hydrogen) atoms. The van der Waals surface area contributed by atoms with Crippen molar-refractivity contribution in [2.24, 2.45) is 0 Å². The van der Waals surface area contributed by atoms with Gasteiger partial charge in [0.25, 0.3) is 0 Å². The van der Waals surface area contributed by atoms with Gasteiger partial charge >= 0.3 is 5.97 Å². The van der Waals surface area contributed by atoms with Crippen molar-refractivity contribution < 1.29 is 24.5 Å². The molecular weight excluding hydrogens is 887 g/mol. The molecule has 0 aromatic carbocycles. The van der Waals surface area contributed by atoms with Crippen LogP contribution < -0.4 is 5.32 Å². The van der Waals surface area contributed by atoms with Gasteiger partial charge in [-0.2, -0.15) is 0 Å². The van der Waals surface area contributed by atoms with Gasteiger partial charge in [-0.05, 0) is 83.5 Å². The molecule has 0 fully saturated rings. The first-order valence-corrected chi connectivity index (χ1v) is 32.3. The number of carbonyl (C=O) groups is 2. The fraction of sp³-hybridized carbons (Fsp3) is 0.879. The van der Waals surface area contributed by atoms with Crippen LogP contribution in [0.4, 0.5) is 0 Å². The standard InChI is InChI=1S/C66H125NO5/c1-3-5-7-9-11-13-15-17-19-21-23-24-25-26-28-29-31-34-38-42-46-50-54-58-64(69)63(62-68)67-65(70)59-55-51-47-43-39-35-33-37-41-45-49-53-57-61-72-66(71)60-56-52-48-44-40-36-32-30-27-22-20-18-16-14-12-10-8-6-4-2/h18,20,35,39,54,58,63-64,68-69H,3-17,19,21-34,36-38,40-53,55-57,59-62H2,1-2H3,(H,67,70)/b20-18-,39-35-,58-54+. The average molecular weight is 1010 g/mol. The summed E-state index contributed by atoms with van der Waals surface area (Å²) in [5, 5.41) is 23.2. The second-order valence-corrected chi connectivity index (χ2v) is 22.1. The Morgan fingerprint density at radius 2 is 0.653 bits per heavy atom. The number of rotatable bonds is 60. The van der Waals surface area contributed by atoms with E-state index in [-0.39, 0.29) is 18.5 Å². The normalized spacial score (nSPS) is 12.8. The lowest BCUT2D eigenvalue weighted by Crippen LogP contribution is -2.45. The van der Waals surface area contributed by atoms with E-state index in [1.165, 1.54) is 250 Å². The van der Waals surface area contributed by atoms with Crippen molar-refractivity contribution >= 4 is 11.9 Å². The first-order chi connectivity index (χ1) is 35.5. The molecule has 0 aliphatic rings. The van der Waals surface area contributed by atoms with E-state index in [4.69, 9.17) is 4.74 Å². The van der Waals surface area contributed by atoms with Crippen molar-refractivity contribution in [3.8, 4) is 0 Å². The molecule has 0 aromatic heterocycles. The SMILES string of the molecule is CCCCCCCC/C=C\CCCCCCCCCCCC(=O)OCCCCCCCC/C=C\CCCCCC(=O)NC(CO)C(O)/C=C/CCCCCCCCCCCCCCCCCCCCCCC. The smallest absolute Gasteiger partial charge is 0.305 e. The molecule has 0 heterocycles. The Morgan fingerprint density at radius 3 is 1.00 bits per heavy atom. The van der Waals surface area contributed by atoms with Gasteiger partial charge in [0.1, 0.15) is 0 Å². The van der Waals surface area contributed by atoms with Gasteiger partial charge in [0.15, 0.2) is 0 Å². The van der Waals surface area contributed by atoms with Crippen molar-refractivity contribution in [2.75, 3.05) is 13.2 Å². The minimum absolute atomic E-state index is 0.0138. The summed E-state index contributed by atoms with van der Waals surface area (Å²) < 4.78 is 5.48. The van der Waals surface area contributed by atoms with Crippen LogP contribution in [0.15, 0.2) is 36.5 Å². The molecule has 2 unspecified atom stereocenters. The maximum atomic E-state index is 12.5. The number of unbranched alkanes of at least 4 members (excludes halogenated alkanes) is 45. The third-order valence-electron chi connectivity index (χ3n) is 14.9. The molecule has 0 rings (SSSR count). The summed E-state index contributed by atoms with van der Waals surface area (Å²) in [4.78, 5) is 24.6. The largest absolute Gasteiger partial charge is 0.466 e. The van der Waals surface area contributed by atoms with Crippen LogP contribution in [0.2, 0.25) is 0 Å². The van der Waals surface area contributed by atoms with Crippen molar-refractivity contribution in [3.05, 3.63) is 36.5 Å². The van der Waals surface area contributed by atoms with Crippen LogP contribution in [0.1, 0.15) is 348 Å². The highest BCUT2D eigenvalue weighted by atomic mass is 16.5. The Bertz CT molecular complexity index is 1170. The molecular formula is C66H125NO5. The lowest BCUT2D eigenvalue weighted by Gasteiger charge is -2.19. The highest BCUT2D eigenvalue weighted by molar-refractivity contribution is 5.76. The molecule has 0 aliphatic heterocycles. The minimum atomic E-state index is -0.864. The summed E-state index contributed by atoms with van der Waals surface area (Å²) in [5.74, 6) is -0.109. The van der Waals surface area contributed by atoms with Crippen LogP contribution in [0.5, 0.6) is 0 Å². The van der Waals surface area contributed by atoms with E-state index >= 15 is 0 Å². The topological polar surface area (TPSA) is 95.9 Å². The Balaban J connectivity index is 3.50. The molecule has 0 radical (unpaired) electrons. The maximum Gasteiger partial charge on any atom is 0.305 e. The van der Waals surface area contributed by atoms with Gasteiger partial charge in [0, 0.05) is 12.8 Å². The first-order valence-electron chi connectivity index (χ1n) is 32.3. The van der Waals surface area contributed by atoms with E-state index < -0.39 is 12.1 Å². The van der Waals surface area contributed by atoms with Gasteiger partial charge in [-0.3, -0.25) is 9.59 Å². The zero-order chi connectivity index (χ0) is 52.2. The minimum Gasteiger partial charge on any atom is -0.466 e. The van der Waals surface area contributed by atoms with Crippen LogP contribution in [-0.2, 0) is 14.3 Å². The predicted molar refractivity (Wildman–Crippen MR) is 315 cm³/mol. The van der Waals surface area contributed by atoms with E-state index in [1.54, 1.807) is 6.08 Å². The molecule has 6 heteroatoms. The lowest BCUT2D eigenvalue weighted by atomic mass is 10.0. The Labute approximate surface area is 449 Å². The number of nitrogens with one attached hydrogen (secondary N) is 1. The van der Waals surface area contributed by atoms with Crippen molar-refractivity contribution in [2.45, 2.75) is 360 Å². The maximum absolute atomic E-state index is 12.5. The zero-order valence-corrected chi connectivity index (χ0v) is 48.4. The highest BCUT2D eigenvalue weighted by Crippen LogP contribution is 2.17. The summed E-state index contributed by atoms with van der Waals surface area (Å²) in [6.07, 6.45) is 77.6. The molecule has 0 spiro atoms. The van der Waals surface area contributed by atoms with E-state index in [1.807, 2.05) is 6.08 Å². The second-order valence-electron chi connectivity index (χ2n) is 22.1. The Kier molecular flexibility index (Phi) is 60.0. The van der Waals surface area contributed by atoms with Crippen molar-refractivity contribution in [3.63, 3.8) is 0 Å². The van der Waals surface area contributed by atoms with Crippen LogP contribution >= 0.6 is 0 Å². The average Bonchev–Trinajstić information content (AvgIpc) is 3.38. The van der Waals surface area contributed by atoms with Crippen molar-refractivity contribution in [1.29, 1.82) is 0 Å². The third kappa shape index (κ3) is 57.4. The number of aliphatic hydroxyl groups excluding tert-OH is 2. The molecule has 3 N–H and O–H groups in total. The summed E-state index contributed by atoms with van der Waals surface area (Å²) in [5.41, 5.74) is 0. The molecule has 0 aromatic rings. The zero-order valence-electron chi connectivity index (χ0n) is 48.4. The summed E-state index contributed by atoms with van der Waals surface area (Å²) in [6, 6.07) is -0.650. The number of ether oxygens (including phenoxy) is 1. The first kappa shape index (κ1) is 70.1. The van der Waals surface area contributed by atoms with Crippen LogP contribution in [0, 0.1) is 0 Å². The second kappa shape index (κ2) is 61.6. The molecule has 1 amide bonds. The van der Waals surface area contributed by atoms with Crippen LogP contribution in [-0.4, -0.2) is 47.4 Å². The molecule has 0 saturated heterocycles. The van der Waals surface area contributed by atoms with E-state index in [9.17, 15) is 19.8 Å². The van der Waals surface area contributed by atoms with Gasteiger partial charge in [-0.15, -0.1) is 0 Å². The Hall–Kier alpha value is -1.92. The van der Waals surface area contributed by atoms with E-state index in [2.05, 4.69) is 43.5 Å². The Morgan fingerprint density at radius 1 is 0.375 bits per heavy atom. The fourth-order valence-electron chi connectivity index (χ4n) is 9.92. The number of hydrogen-bond acceptors (Lipinski definition) is 5. The summed E-state index contributed by atoms with van der Waals surface area (Å²) in [7, 11) is 0. The van der Waals surface area contributed by atoms with E-state index in [0.29, 0.717) is 19.4 Å². The number of carbonyl (C=O) groups excluding carboxylic acids is 2. The number of hydrogen-bond donors (Lipinski definition) is 3. The summed E-state index contributed by atoms with van der Waals surface area (Å²) in [6.45, 7) is 4.88. The van der Waals surface area contributed by atoms with Gasteiger partial charge in [0.2, 0.25) is 5.91 Å². The highest BCUT2D eigenvalue weighted by Gasteiger charge is 2.18. The molecule has 2 atom stereocenters. The van der Waals surface area contributed by atoms with Crippen molar-refractivity contribution in [1.82, 2.24) is 5.32 Å². The number of amides is 1. The van der Waals surface area contributed by atoms with Gasteiger partial charge in [0.05, 0.1) is 25.4 Å². The number of esters is 1. The van der Waals surface area contributed by atoms with Crippen LogP contribution in [0.25, 0.3) is 0 Å². The molecule has 0 bridgehead atoms. The lowest BCUT2D eigenvalue weighted by molar-refractivity contribution is -0.143. The summed E-state index contributed by atoms with van der Waals surface area (Å²) >= 11 is 0. The molecule has 6 nitrogen and oxygen atoms in total. The molecule has 424 valence electrons. The molecule has 0 aliphatic carbocycles. The number of aliphatic hydroxyl groups is 2. The molecule has 0 saturated carbocycles. The monoisotopic (exact) mass is 1010 g/mol. The fourth-order valence-corrected chi connectivity index (χ4v) is 9.92. The van der Waals surface area contributed by atoms with Gasteiger partial charge in [-0.1, -0.05) is 288 Å².